The summed E-state index contributed by atoms with van der Waals surface area (Å²) in [6.07, 6.45) is 2.54. The van der Waals surface area contributed by atoms with Crippen molar-refractivity contribution in [2.45, 2.75) is 26.3 Å². The Morgan fingerprint density at radius 3 is 2.86 bits per heavy atom. The fraction of sp³-hybridized carbons (Fsp3) is 0.450. The lowest BCUT2D eigenvalue weighted by Crippen LogP contribution is -2.33. The highest BCUT2D eigenvalue weighted by Crippen LogP contribution is 2.21. The van der Waals surface area contributed by atoms with E-state index in [9.17, 15) is 9.59 Å². The number of rotatable bonds is 8. The molecule has 0 aliphatic carbocycles. The first-order valence-electron chi connectivity index (χ1n) is 9.57. The van der Waals surface area contributed by atoms with Gasteiger partial charge in [-0.2, -0.15) is 0 Å². The van der Waals surface area contributed by atoms with E-state index >= 15 is 0 Å². The van der Waals surface area contributed by atoms with E-state index in [-0.39, 0.29) is 23.3 Å². The van der Waals surface area contributed by atoms with Gasteiger partial charge in [-0.25, -0.2) is 4.98 Å². The van der Waals surface area contributed by atoms with Crippen molar-refractivity contribution in [1.29, 1.82) is 0 Å². The second-order valence-corrected chi connectivity index (χ2v) is 9.99. The van der Waals surface area contributed by atoms with E-state index in [1.54, 1.807) is 0 Å². The van der Waals surface area contributed by atoms with Crippen LogP contribution in [0.3, 0.4) is 0 Å². The van der Waals surface area contributed by atoms with Crippen LogP contribution in [-0.4, -0.2) is 46.3 Å². The number of nitrogens with one attached hydrogen (secondary N) is 2. The van der Waals surface area contributed by atoms with Gasteiger partial charge in [-0.3, -0.25) is 14.5 Å². The monoisotopic (exact) mass is 496 g/mol. The summed E-state index contributed by atoms with van der Waals surface area (Å²) < 4.78 is 0.903. The minimum atomic E-state index is -0.141. The number of carbonyl (C=O) groups is 2. The molecule has 1 aromatic heterocycles. The third kappa shape index (κ3) is 7.73. The molecule has 156 valence electrons. The molecule has 2 heterocycles. The zero-order valence-corrected chi connectivity index (χ0v) is 19.5. The van der Waals surface area contributed by atoms with Crippen molar-refractivity contribution in [2.75, 3.05) is 35.2 Å². The number of anilines is 2. The van der Waals surface area contributed by atoms with Crippen LogP contribution in [0.1, 0.15) is 25.5 Å². The van der Waals surface area contributed by atoms with Gasteiger partial charge in [0, 0.05) is 28.6 Å². The van der Waals surface area contributed by atoms with Crippen molar-refractivity contribution in [3.63, 3.8) is 0 Å². The Morgan fingerprint density at radius 2 is 2.10 bits per heavy atom. The number of aromatic nitrogens is 1. The number of piperidine rings is 1. The summed E-state index contributed by atoms with van der Waals surface area (Å²) >= 11 is 6.10. The molecule has 2 amide bonds. The summed E-state index contributed by atoms with van der Waals surface area (Å²) in [7, 11) is 0. The first-order chi connectivity index (χ1) is 14.0. The molecular formula is C20H25BrN4O2S2. The summed E-state index contributed by atoms with van der Waals surface area (Å²) in [6, 6.07) is 7.41. The second kappa shape index (κ2) is 11.1. The van der Waals surface area contributed by atoms with E-state index in [1.165, 1.54) is 35.9 Å². The molecule has 3 rings (SSSR count). The van der Waals surface area contributed by atoms with Gasteiger partial charge in [-0.05, 0) is 43.5 Å². The fourth-order valence-corrected chi connectivity index (χ4v) is 4.99. The van der Waals surface area contributed by atoms with Gasteiger partial charge < -0.3 is 10.6 Å². The van der Waals surface area contributed by atoms with Crippen LogP contribution in [0.15, 0.2) is 34.1 Å². The van der Waals surface area contributed by atoms with Crippen molar-refractivity contribution in [1.82, 2.24) is 9.88 Å². The molecule has 1 fully saturated rings. The van der Waals surface area contributed by atoms with E-state index < -0.39 is 0 Å². The smallest absolute Gasteiger partial charge is 0.236 e. The predicted octanol–water partition coefficient (Wildman–Crippen LogP) is 4.45. The van der Waals surface area contributed by atoms with E-state index in [4.69, 9.17) is 0 Å². The molecule has 29 heavy (non-hydrogen) atoms. The summed E-state index contributed by atoms with van der Waals surface area (Å²) in [6.45, 7) is 5.34. The summed E-state index contributed by atoms with van der Waals surface area (Å²) in [4.78, 5) is 31.1. The molecule has 0 spiro atoms. The van der Waals surface area contributed by atoms with Crippen LogP contribution in [0.5, 0.6) is 0 Å². The molecule has 0 radical (unpaired) electrons. The van der Waals surface area contributed by atoms with Gasteiger partial charge in [0.05, 0.1) is 17.2 Å². The van der Waals surface area contributed by atoms with Gasteiger partial charge in [-0.1, -0.05) is 28.9 Å². The minimum absolute atomic E-state index is 0.131. The largest absolute Gasteiger partial charge is 0.325 e. The number of hydrogen-bond acceptors (Lipinski definition) is 6. The van der Waals surface area contributed by atoms with Crippen molar-refractivity contribution in [3.8, 4) is 0 Å². The van der Waals surface area contributed by atoms with Crippen molar-refractivity contribution < 1.29 is 9.59 Å². The Bertz CT molecular complexity index is 845. The van der Waals surface area contributed by atoms with Gasteiger partial charge in [-0.15, -0.1) is 23.1 Å². The number of carbonyl (C=O) groups excluding carboxylic acids is 2. The third-order valence-electron chi connectivity index (χ3n) is 4.50. The highest BCUT2D eigenvalue weighted by molar-refractivity contribution is 9.10. The molecule has 1 atom stereocenters. The van der Waals surface area contributed by atoms with Crippen molar-refractivity contribution in [3.05, 3.63) is 39.8 Å². The van der Waals surface area contributed by atoms with E-state index in [0.717, 1.165) is 41.4 Å². The Kier molecular flexibility index (Phi) is 8.53. The first kappa shape index (κ1) is 22.3. The van der Waals surface area contributed by atoms with Crippen LogP contribution in [0.4, 0.5) is 10.8 Å². The van der Waals surface area contributed by atoms with Crippen molar-refractivity contribution in [2.24, 2.45) is 5.92 Å². The standard InChI is InChI=1S/C20H25BrN4O2S2/c1-14-4-3-7-25(9-14)10-17-11-29-20(23-17)24-19(27)13-28-12-18(26)22-16-6-2-5-15(21)8-16/h2,5-6,8,11,14H,3-4,7,9-10,12-13H2,1H3,(H,22,26)(H,23,24,27). The van der Waals surface area contributed by atoms with E-state index in [2.05, 4.69) is 43.4 Å². The quantitative estimate of drug-likeness (QED) is 0.564. The van der Waals surface area contributed by atoms with Crippen LogP contribution in [0.25, 0.3) is 0 Å². The molecule has 9 heteroatoms. The van der Waals surface area contributed by atoms with Gasteiger partial charge in [0.2, 0.25) is 11.8 Å². The highest BCUT2D eigenvalue weighted by Gasteiger charge is 2.17. The lowest BCUT2D eigenvalue weighted by molar-refractivity contribution is -0.114. The highest BCUT2D eigenvalue weighted by atomic mass is 79.9. The summed E-state index contributed by atoms with van der Waals surface area (Å²) in [5, 5.41) is 8.27. The number of nitrogens with zero attached hydrogens (tertiary/aromatic N) is 2. The number of benzene rings is 1. The maximum atomic E-state index is 12.1. The van der Waals surface area contributed by atoms with Crippen molar-refractivity contribution >= 4 is 61.7 Å². The molecule has 1 aliphatic heterocycles. The Morgan fingerprint density at radius 1 is 1.31 bits per heavy atom. The normalized spacial score (nSPS) is 17.1. The van der Waals surface area contributed by atoms with E-state index in [1.807, 2.05) is 29.6 Å². The van der Waals surface area contributed by atoms with Gasteiger partial charge in [0.25, 0.3) is 0 Å². The molecule has 1 aliphatic rings. The lowest BCUT2D eigenvalue weighted by Gasteiger charge is -2.30. The number of likely N-dealkylation sites (tertiary alicyclic amines) is 1. The van der Waals surface area contributed by atoms with Gasteiger partial charge in [0.15, 0.2) is 5.13 Å². The van der Waals surface area contributed by atoms with Gasteiger partial charge >= 0.3 is 0 Å². The number of thioether (sulfide) groups is 1. The number of hydrogen-bond donors (Lipinski definition) is 2. The molecule has 2 N–H and O–H groups in total. The molecule has 0 saturated carbocycles. The molecule has 1 unspecified atom stereocenters. The van der Waals surface area contributed by atoms with Crippen LogP contribution in [0.2, 0.25) is 0 Å². The number of amides is 2. The molecule has 0 bridgehead atoms. The Hall–Kier alpha value is -1.42. The van der Waals surface area contributed by atoms with Gasteiger partial charge in [0.1, 0.15) is 0 Å². The maximum absolute atomic E-state index is 12.1. The molecule has 6 nitrogen and oxygen atoms in total. The van der Waals surface area contributed by atoms with E-state index in [0.29, 0.717) is 5.13 Å². The molecule has 1 aromatic carbocycles. The second-order valence-electron chi connectivity index (χ2n) is 7.23. The summed E-state index contributed by atoms with van der Waals surface area (Å²) in [5.74, 6) is 0.894. The van der Waals surface area contributed by atoms with Crippen LogP contribution in [-0.2, 0) is 16.1 Å². The van der Waals surface area contributed by atoms with Crippen LogP contribution >= 0.6 is 39.0 Å². The zero-order valence-electron chi connectivity index (χ0n) is 16.3. The molecular weight excluding hydrogens is 472 g/mol. The van der Waals surface area contributed by atoms with Crippen LogP contribution < -0.4 is 10.6 Å². The minimum Gasteiger partial charge on any atom is -0.325 e. The average molecular weight is 497 g/mol. The number of halogens is 1. The summed E-state index contributed by atoms with van der Waals surface area (Å²) in [5.41, 5.74) is 1.73. The Labute approximate surface area is 188 Å². The van der Waals surface area contributed by atoms with Crippen LogP contribution in [0, 0.1) is 5.92 Å². The molecule has 2 aromatic rings. The lowest BCUT2D eigenvalue weighted by atomic mass is 10.0. The predicted molar refractivity (Wildman–Crippen MR) is 125 cm³/mol. The topological polar surface area (TPSA) is 74.3 Å². The first-order valence-corrected chi connectivity index (χ1v) is 12.4. The fourth-order valence-electron chi connectivity index (χ4n) is 3.25. The SMILES string of the molecule is CC1CCCN(Cc2csc(NC(=O)CSCC(=O)Nc3cccc(Br)c3)n2)C1. The zero-order chi connectivity index (χ0) is 20.6. The molecule has 1 saturated heterocycles. The number of thiazole rings is 1. The average Bonchev–Trinajstić information content (AvgIpc) is 3.08. The third-order valence-corrected chi connectivity index (χ3v) is 6.73. The maximum Gasteiger partial charge on any atom is 0.236 e. The Balaban J connectivity index is 1.36.